The lowest BCUT2D eigenvalue weighted by Crippen LogP contribution is -2.14. The Morgan fingerprint density at radius 2 is 1.45 bits per heavy atom. The summed E-state index contributed by atoms with van der Waals surface area (Å²) >= 11 is 6.37. The highest BCUT2D eigenvalue weighted by Crippen LogP contribution is 2.33. The van der Waals surface area contributed by atoms with Gasteiger partial charge >= 0.3 is 0 Å². The first kappa shape index (κ1) is 19.2. The molecule has 0 atom stereocenters. The number of anilines is 1. The number of sulfonamides is 1. The van der Waals surface area contributed by atoms with E-state index in [1.165, 1.54) is 0 Å². The number of benzene rings is 3. The molecule has 0 saturated carbocycles. The van der Waals surface area contributed by atoms with Gasteiger partial charge in [-0.3, -0.25) is 9.40 Å². The largest absolute Gasteiger partial charge is 0.266 e. The minimum absolute atomic E-state index is 0.169. The number of aromatic nitrogens is 2. The van der Waals surface area contributed by atoms with E-state index in [4.69, 9.17) is 11.6 Å². The van der Waals surface area contributed by atoms with Crippen molar-refractivity contribution in [3.63, 3.8) is 0 Å². The first-order valence-electron chi connectivity index (χ1n) is 8.97. The summed E-state index contributed by atoms with van der Waals surface area (Å²) in [6.45, 7) is 0.505. The van der Waals surface area contributed by atoms with Crippen LogP contribution in [0.5, 0.6) is 0 Å². The predicted octanol–water partition coefficient (Wildman–Crippen LogP) is 5.05. The molecule has 0 fully saturated rings. The third-order valence-electron chi connectivity index (χ3n) is 4.40. The summed E-state index contributed by atoms with van der Waals surface area (Å²) < 4.78 is 30.0. The minimum atomic E-state index is -3.79. The zero-order valence-electron chi connectivity index (χ0n) is 15.4. The summed E-state index contributed by atoms with van der Waals surface area (Å²) in [6, 6.07) is 25.3. The van der Waals surface area contributed by atoms with Crippen molar-refractivity contribution in [3.05, 3.63) is 102 Å². The molecule has 0 aliphatic rings. The van der Waals surface area contributed by atoms with Gasteiger partial charge in [0.25, 0.3) is 10.0 Å². The first-order valence-corrected chi connectivity index (χ1v) is 10.8. The molecule has 0 spiro atoms. The Morgan fingerprint density at radius 3 is 2.14 bits per heavy atom. The molecule has 29 heavy (non-hydrogen) atoms. The third kappa shape index (κ3) is 4.34. The highest BCUT2D eigenvalue weighted by Gasteiger charge is 2.20. The molecule has 0 saturated heterocycles. The number of hydrogen-bond acceptors (Lipinski definition) is 3. The van der Waals surface area contributed by atoms with Crippen LogP contribution in [-0.2, 0) is 16.6 Å². The van der Waals surface area contributed by atoms with Crippen LogP contribution in [0, 0.1) is 0 Å². The standard InChI is InChI=1S/C22H18ClN3O2S/c23-21-14-8-7-13-19(21)20-16-26(15-17-9-3-1-4-10-17)24-22(20)25-29(27,28)18-11-5-2-6-12-18/h1-14,16H,15H2,(H,24,25). The molecule has 0 amide bonds. The molecule has 1 aromatic heterocycles. The molecule has 4 aromatic rings. The predicted molar refractivity (Wildman–Crippen MR) is 115 cm³/mol. The smallest absolute Gasteiger partial charge is 0.263 e. The zero-order chi connectivity index (χ0) is 20.3. The number of halogens is 1. The minimum Gasteiger partial charge on any atom is -0.266 e. The summed E-state index contributed by atoms with van der Waals surface area (Å²) in [6.07, 6.45) is 1.80. The number of rotatable bonds is 6. The van der Waals surface area contributed by atoms with E-state index in [0.717, 1.165) is 5.56 Å². The SMILES string of the molecule is O=S(=O)(Nc1nn(Cc2ccccc2)cc1-c1ccccc1Cl)c1ccccc1. The summed E-state index contributed by atoms with van der Waals surface area (Å²) in [5.74, 6) is 0.234. The second-order valence-corrected chi connectivity index (χ2v) is 8.56. The Bertz CT molecular complexity index is 1220. The van der Waals surface area contributed by atoms with Crippen LogP contribution in [0.3, 0.4) is 0 Å². The fourth-order valence-corrected chi connectivity index (χ4v) is 4.29. The van der Waals surface area contributed by atoms with Crippen LogP contribution in [0.25, 0.3) is 11.1 Å². The summed E-state index contributed by atoms with van der Waals surface area (Å²) in [7, 11) is -3.79. The molecule has 0 aliphatic carbocycles. The summed E-state index contributed by atoms with van der Waals surface area (Å²) in [4.78, 5) is 0.169. The molecule has 5 nitrogen and oxygen atoms in total. The number of hydrogen-bond donors (Lipinski definition) is 1. The molecule has 1 N–H and O–H groups in total. The normalized spacial score (nSPS) is 11.3. The lowest BCUT2D eigenvalue weighted by atomic mass is 10.1. The van der Waals surface area contributed by atoms with Gasteiger partial charge in [0.05, 0.1) is 11.4 Å². The van der Waals surface area contributed by atoms with E-state index in [-0.39, 0.29) is 10.7 Å². The highest BCUT2D eigenvalue weighted by atomic mass is 35.5. The Hall–Kier alpha value is -3.09. The van der Waals surface area contributed by atoms with Crippen molar-refractivity contribution in [3.8, 4) is 11.1 Å². The van der Waals surface area contributed by atoms with E-state index in [9.17, 15) is 8.42 Å². The molecule has 146 valence electrons. The van der Waals surface area contributed by atoms with Crippen LogP contribution < -0.4 is 4.72 Å². The number of nitrogens with one attached hydrogen (secondary N) is 1. The van der Waals surface area contributed by atoms with E-state index in [1.54, 1.807) is 47.3 Å². The summed E-state index contributed by atoms with van der Waals surface area (Å²) in [5, 5.41) is 5.02. The van der Waals surface area contributed by atoms with Crippen molar-refractivity contribution in [1.29, 1.82) is 0 Å². The topological polar surface area (TPSA) is 64.0 Å². The Labute approximate surface area is 174 Å². The monoisotopic (exact) mass is 423 g/mol. The van der Waals surface area contributed by atoms with Crippen molar-refractivity contribution >= 4 is 27.4 Å². The van der Waals surface area contributed by atoms with Crippen LogP contribution in [0.4, 0.5) is 5.82 Å². The van der Waals surface area contributed by atoms with Gasteiger partial charge in [0, 0.05) is 22.3 Å². The molecule has 1 heterocycles. The quantitative estimate of drug-likeness (QED) is 0.471. The van der Waals surface area contributed by atoms with Gasteiger partial charge in [-0.25, -0.2) is 8.42 Å². The van der Waals surface area contributed by atoms with E-state index in [0.29, 0.717) is 22.7 Å². The summed E-state index contributed by atoms with van der Waals surface area (Å²) in [5.41, 5.74) is 2.38. The molecule has 7 heteroatoms. The lowest BCUT2D eigenvalue weighted by Gasteiger charge is -2.08. The van der Waals surface area contributed by atoms with Crippen molar-refractivity contribution in [1.82, 2.24) is 9.78 Å². The maximum atomic E-state index is 12.8. The van der Waals surface area contributed by atoms with Crippen molar-refractivity contribution in [2.75, 3.05) is 4.72 Å². The van der Waals surface area contributed by atoms with Crippen molar-refractivity contribution < 1.29 is 8.42 Å². The average molecular weight is 424 g/mol. The first-order chi connectivity index (χ1) is 14.0. The molecular weight excluding hydrogens is 406 g/mol. The number of nitrogens with zero attached hydrogens (tertiary/aromatic N) is 2. The molecule has 0 unspecified atom stereocenters. The molecule has 4 rings (SSSR count). The van der Waals surface area contributed by atoms with Crippen LogP contribution in [-0.4, -0.2) is 18.2 Å². The molecule has 3 aromatic carbocycles. The second kappa shape index (κ2) is 8.11. The van der Waals surface area contributed by atoms with Gasteiger partial charge < -0.3 is 0 Å². The molecular formula is C22H18ClN3O2S. The van der Waals surface area contributed by atoms with Gasteiger partial charge in [0.1, 0.15) is 0 Å². The van der Waals surface area contributed by atoms with Gasteiger partial charge in [-0.2, -0.15) is 5.10 Å². The maximum absolute atomic E-state index is 12.8. The van der Waals surface area contributed by atoms with Gasteiger partial charge in [-0.05, 0) is 23.8 Å². The van der Waals surface area contributed by atoms with Crippen LogP contribution in [0.2, 0.25) is 5.02 Å². The molecule has 0 radical (unpaired) electrons. The van der Waals surface area contributed by atoms with Gasteiger partial charge in [-0.1, -0.05) is 78.3 Å². The van der Waals surface area contributed by atoms with Crippen LogP contribution in [0.15, 0.2) is 96.0 Å². The van der Waals surface area contributed by atoms with Crippen molar-refractivity contribution in [2.45, 2.75) is 11.4 Å². The molecule has 0 aliphatic heterocycles. The van der Waals surface area contributed by atoms with Crippen LogP contribution >= 0.6 is 11.6 Å². The Morgan fingerprint density at radius 1 is 0.828 bits per heavy atom. The average Bonchev–Trinajstić information content (AvgIpc) is 3.11. The molecule has 0 bridgehead atoms. The van der Waals surface area contributed by atoms with Gasteiger partial charge in [-0.15, -0.1) is 0 Å². The lowest BCUT2D eigenvalue weighted by molar-refractivity contribution is 0.600. The highest BCUT2D eigenvalue weighted by molar-refractivity contribution is 7.92. The fourth-order valence-electron chi connectivity index (χ4n) is 3.01. The van der Waals surface area contributed by atoms with Gasteiger partial charge in [0.2, 0.25) is 0 Å². The van der Waals surface area contributed by atoms with E-state index < -0.39 is 10.0 Å². The van der Waals surface area contributed by atoms with Gasteiger partial charge in [0.15, 0.2) is 5.82 Å². The van der Waals surface area contributed by atoms with E-state index >= 15 is 0 Å². The Balaban J connectivity index is 1.76. The fraction of sp³-hybridized carbons (Fsp3) is 0.0455. The Kier molecular flexibility index (Phi) is 5.38. The maximum Gasteiger partial charge on any atom is 0.263 e. The second-order valence-electron chi connectivity index (χ2n) is 6.47. The zero-order valence-corrected chi connectivity index (χ0v) is 16.9. The van der Waals surface area contributed by atoms with E-state index in [2.05, 4.69) is 9.82 Å². The van der Waals surface area contributed by atoms with Crippen LogP contribution in [0.1, 0.15) is 5.56 Å². The third-order valence-corrected chi connectivity index (χ3v) is 6.08. The van der Waals surface area contributed by atoms with E-state index in [1.807, 2.05) is 48.5 Å². The van der Waals surface area contributed by atoms with Crippen molar-refractivity contribution in [2.24, 2.45) is 0 Å².